The van der Waals surface area contributed by atoms with Crippen LogP contribution in [0.1, 0.15) is 5.56 Å². The molecule has 5 rings (SSSR count). The molecule has 4 aromatic carbocycles. The van der Waals surface area contributed by atoms with Crippen molar-refractivity contribution in [1.29, 1.82) is 0 Å². The standard InChI is InChI=1S/C18H15P.C10H10N2.2ClH/c1-4-10-16(11-5-1)19(17-12-6-2-7-13-17)18-14-8-3-9-15-18;1-2-4-10(5-3-1)8-12-7-6-11-9-12;;/h1-15H;1-7,9H,8H2;2*1H. The lowest BCUT2D eigenvalue weighted by Crippen LogP contribution is -2.20. The summed E-state index contributed by atoms with van der Waals surface area (Å²) in [5.74, 6) is 0. The zero-order valence-electron chi connectivity index (χ0n) is 18.1. The van der Waals surface area contributed by atoms with Gasteiger partial charge in [-0.1, -0.05) is 121 Å². The Morgan fingerprint density at radius 3 is 1.30 bits per heavy atom. The highest BCUT2D eigenvalue weighted by molar-refractivity contribution is 7.79. The average molecular weight is 493 g/mol. The molecule has 168 valence electrons. The normalized spacial score (nSPS) is 9.73. The summed E-state index contributed by atoms with van der Waals surface area (Å²) in [5.41, 5.74) is 1.30. The maximum Gasteiger partial charge on any atom is 0.0949 e. The Labute approximate surface area is 209 Å². The number of benzene rings is 4. The van der Waals surface area contributed by atoms with Crippen molar-refractivity contribution in [2.24, 2.45) is 0 Å². The Balaban J connectivity index is 0.000000240. The van der Waals surface area contributed by atoms with Crippen molar-refractivity contribution in [3.8, 4) is 0 Å². The zero-order valence-corrected chi connectivity index (χ0v) is 20.7. The van der Waals surface area contributed by atoms with Crippen molar-refractivity contribution >= 4 is 48.6 Å². The third kappa shape index (κ3) is 7.87. The van der Waals surface area contributed by atoms with Crippen LogP contribution in [0.4, 0.5) is 0 Å². The molecule has 5 heteroatoms. The molecule has 0 bridgehead atoms. The summed E-state index contributed by atoms with van der Waals surface area (Å²) in [4.78, 5) is 3.98. The molecular formula is C28H27Cl2N2P. The Kier molecular flexibility index (Phi) is 11.4. The Morgan fingerprint density at radius 2 is 0.939 bits per heavy atom. The van der Waals surface area contributed by atoms with E-state index in [1.165, 1.54) is 21.5 Å². The molecule has 0 amide bonds. The fourth-order valence-electron chi connectivity index (χ4n) is 3.35. The van der Waals surface area contributed by atoms with Crippen molar-refractivity contribution in [3.63, 3.8) is 0 Å². The van der Waals surface area contributed by atoms with E-state index in [-0.39, 0.29) is 24.8 Å². The van der Waals surface area contributed by atoms with Gasteiger partial charge in [0.25, 0.3) is 0 Å². The van der Waals surface area contributed by atoms with E-state index in [0.717, 1.165) is 6.54 Å². The van der Waals surface area contributed by atoms with Crippen LogP contribution in [0.2, 0.25) is 0 Å². The van der Waals surface area contributed by atoms with Gasteiger partial charge in [0.05, 0.1) is 6.33 Å². The van der Waals surface area contributed by atoms with Gasteiger partial charge in [0.15, 0.2) is 0 Å². The number of aromatic nitrogens is 2. The maximum absolute atomic E-state index is 3.98. The van der Waals surface area contributed by atoms with Crippen molar-refractivity contribution in [2.75, 3.05) is 0 Å². The van der Waals surface area contributed by atoms with Crippen LogP contribution in [0.15, 0.2) is 140 Å². The van der Waals surface area contributed by atoms with Crippen LogP contribution in [0.5, 0.6) is 0 Å². The van der Waals surface area contributed by atoms with E-state index < -0.39 is 7.92 Å². The van der Waals surface area contributed by atoms with Crippen LogP contribution in [0.3, 0.4) is 0 Å². The second-order valence-electron chi connectivity index (χ2n) is 7.06. The molecule has 0 aliphatic rings. The van der Waals surface area contributed by atoms with Gasteiger partial charge >= 0.3 is 0 Å². The summed E-state index contributed by atoms with van der Waals surface area (Å²) in [5, 5.41) is 4.19. The lowest BCUT2D eigenvalue weighted by atomic mass is 10.2. The van der Waals surface area contributed by atoms with E-state index in [1.54, 1.807) is 6.20 Å². The maximum atomic E-state index is 3.98. The Morgan fingerprint density at radius 1 is 0.545 bits per heavy atom. The highest BCUT2D eigenvalue weighted by Gasteiger charge is 2.14. The van der Waals surface area contributed by atoms with Crippen molar-refractivity contribution in [3.05, 3.63) is 146 Å². The number of rotatable bonds is 5. The summed E-state index contributed by atoms with van der Waals surface area (Å²) in [6.07, 6.45) is 5.59. The molecule has 0 spiro atoms. The largest absolute Gasteiger partial charge is 0.333 e. The number of hydrogen-bond acceptors (Lipinski definition) is 1. The number of nitrogens with zero attached hydrogens (tertiary/aromatic N) is 2. The van der Waals surface area contributed by atoms with Gasteiger partial charge in [0, 0.05) is 18.9 Å². The molecule has 0 fully saturated rings. The molecule has 0 saturated heterocycles. The molecular weight excluding hydrogens is 466 g/mol. The molecule has 0 N–H and O–H groups in total. The van der Waals surface area contributed by atoms with Gasteiger partial charge in [-0.2, -0.15) is 0 Å². The number of halogens is 2. The first-order chi connectivity index (χ1) is 15.4. The van der Waals surface area contributed by atoms with Gasteiger partial charge in [0.2, 0.25) is 0 Å². The van der Waals surface area contributed by atoms with Crippen LogP contribution in [-0.4, -0.2) is 9.55 Å². The molecule has 0 unspecified atom stereocenters. The first-order valence-corrected chi connectivity index (χ1v) is 11.7. The van der Waals surface area contributed by atoms with Gasteiger partial charge in [-0.15, -0.1) is 24.8 Å². The summed E-state index contributed by atoms with van der Waals surface area (Å²) in [7, 11) is -0.446. The van der Waals surface area contributed by atoms with Crippen LogP contribution >= 0.6 is 32.7 Å². The molecule has 0 aliphatic carbocycles. The van der Waals surface area contributed by atoms with Gasteiger partial charge < -0.3 is 4.57 Å². The van der Waals surface area contributed by atoms with Gasteiger partial charge in [-0.05, 0) is 29.4 Å². The molecule has 0 saturated carbocycles. The Bertz CT molecular complexity index is 1040. The molecule has 1 aromatic heterocycles. The Hall–Kier alpha value is -2.90. The van der Waals surface area contributed by atoms with E-state index in [2.05, 4.69) is 113 Å². The van der Waals surface area contributed by atoms with Crippen LogP contribution < -0.4 is 15.9 Å². The average Bonchev–Trinajstić information content (AvgIpc) is 3.36. The fraction of sp³-hybridized carbons (Fsp3) is 0.0357. The van der Waals surface area contributed by atoms with Crippen molar-refractivity contribution < 1.29 is 0 Å². The van der Waals surface area contributed by atoms with E-state index in [1.807, 2.05) is 30.7 Å². The first-order valence-electron chi connectivity index (χ1n) is 10.3. The van der Waals surface area contributed by atoms with Gasteiger partial charge in [0.1, 0.15) is 0 Å². The molecule has 0 aliphatic heterocycles. The first kappa shape index (κ1) is 26.4. The van der Waals surface area contributed by atoms with E-state index in [9.17, 15) is 0 Å². The van der Waals surface area contributed by atoms with Crippen LogP contribution in [0.25, 0.3) is 0 Å². The molecule has 1 heterocycles. The fourth-order valence-corrected chi connectivity index (χ4v) is 5.66. The molecule has 0 atom stereocenters. The SMILES string of the molecule is Cl.Cl.c1ccc(Cn2ccnc2)cc1.c1ccc(P(c2ccccc2)c2ccccc2)cc1. The number of hydrogen-bond donors (Lipinski definition) is 0. The lowest BCUT2D eigenvalue weighted by molar-refractivity contribution is 0.797. The predicted molar refractivity (Wildman–Crippen MR) is 147 cm³/mol. The summed E-state index contributed by atoms with van der Waals surface area (Å²) in [6.45, 7) is 0.904. The molecule has 0 radical (unpaired) electrons. The summed E-state index contributed by atoms with van der Waals surface area (Å²) >= 11 is 0. The molecule has 2 nitrogen and oxygen atoms in total. The summed E-state index contributed by atoms with van der Waals surface area (Å²) in [6, 6.07) is 42.7. The van der Waals surface area contributed by atoms with E-state index >= 15 is 0 Å². The predicted octanol–water partition coefficient (Wildman–Crippen LogP) is 6.22. The highest BCUT2D eigenvalue weighted by atomic mass is 35.5. The van der Waals surface area contributed by atoms with E-state index in [4.69, 9.17) is 0 Å². The van der Waals surface area contributed by atoms with Gasteiger partial charge in [-0.25, -0.2) is 4.98 Å². The third-order valence-corrected chi connectivity index (χ3v) is 7.25. The molecule has 5 aromatic rings. The minimum Gasteiger partial charge on any atom is -0.333 e. The molecule has 33 heavy (non-hydrogen) atoms. The van der Waals surface area contributed by atoms with Crippen molar-refractivity contribution in [1.82, 2.24) is 9.55 Å². The minimum atomic E-state index is -0.446. The number of imidazole rings is 1. The second-order valence-corrected chi connectivity index (χ2v) is 9.28. The van der Waals surface area contributed by atoms with Crippen molar-refractivity contribution in [2.45, 2.75) is 6.54 Å². The minimum absolute atomic E-state index is 0. The van der Waals surface area contributed by atoms with Crippen LogP contribution in [-0.2, 0) is 6.54 Å². The van der Waals surface area contributed by atoms with E-state index in [0.29, 0.717) is 0 Å². The zero-order chi connectivity index (χ0) is 21.1. The second kappa shape index (κ2) is 14.3. The summed E-state index contributed by atoms with van der Waals surface area (Å²) < 4.78 is 2.05. The smallest absolute Gasteiger partial charge is 0.0949 e. The monoisotopic (exact) mass is 492 g/mol. The third-order valence-electron chi connectivity index (χ3n) is 4.81. The highest BCUT2D eigenvalue weighted by Crippen LogP contribution is 2.32. The quantitative estimate of drug-likeness (QED) is 0.266. The van der Waals surface area contributed by atoms with Gasteiger partial charge in [-0.3, -0.25) is 0 Å². The van der Waals surface area contributed by atoms with Crippen LogP contribution in [0, 0.1) is 0 Å². The topological polar surface area (TPSA) is 17.8 Å². The lowest BCUT2D eigenvalue weighted by Gasteiger charge is -2.18.